The van der Waals surface area contributed by atoms with Gasteiger partial charge in [-0.3, -0.25) is 4.79 Å². The molecule has 0 aliphatic rings. The maximum Gasteiger partial charge on any atom is 0.294 e. The highest BCUT2D eigenvalue weighted by molar-refractivity contribution is 5.62. The van der Waals surface area contributed by atoms with Crippen LogP contribution >= 0.6 is 0 Å². The molecule has 4 heteroatoms. The molecule has 1 N–H and O–H groups in total. The smallest absolute Gasteiger partial charge is 0.294 e. The molecule has 0 saturated heterocycles. The summed E-state index contributed by atoms with van der Waals surface area (Å²) in [6.45, 7) is 10.9. The first-order valence-corrected chi connectivity index (χ1v) is 5.97. The summed E-state index contributed by atoms with van der Waals surface area (Å²) in [4.78, 5) is 13.8. The van der Waals surface area contributed by atoms with E-state index in [0.717, 1.165) is 26.2 Å². The van der Waals surface area contributed by atoms with Gasteiger partial charge in [0.1, 0.15) is 18.8 Å². The lowest BCUT2D eigenvalue weighted by Crippen LogP contribution is -2.48. The lowest BCUT2D eigenvalue weighted by atomic mass is 10.1. The molecular formula is C12H21N2O2+. The summed E-state index contributed by atoms with van der Waals surface area (Å²) in [6, 6.07) is 0. The number of anilines is 1. The third kappa shape index (κ3) is 1.84. The van der Waals surface area contributed by atoms with E-state index in [1.807, 2.05) is 37.2 Å². The first-order valence-electron chi connectivity index (χ1n) is 5.97. The van der Waals surface area contributed by atoms with E-state index < -0.39 is 0 Å². The Kier molecular flexibility index (Phi) is 4.10. The summed E-state index contributed by atoms with van der Waals surface area (Å²) in [5, 5.41) is 10.4. The SMILES string of the molecule is CCN(CC)c1c(O)c(=[N+](CC)CC)c1=O. The second-order valence-corrected chi connectivity index (χ2v) is 3.72. The molecule has 0 unspecified atom stereocenters. The Bertz CT molecular complexity index is 432. The van der Waals surface area contributed by atoms with Crippen LogP contribution in [0.2, 0.25) is 0 Å². The number of nitrogens with zero attached hydrogens (tertiary/aromatic N) is 2. The Morgan fingerprint density at radius 1 is 1.12 bits per heavy atom. The Morgan fingerprint density at radius 3 is 1.94 bits per heavy atom. The molecule has 0 radical (unpaired) electrons. The molecule has 90 valence electrons. The lowest BCUT2D eigenvalue weighted by molar-refractivity contribution is 0.444. The van der Waals surface area contributed by atoms with Gasteiger partial charge in [0.05, 0.1) is 0 Å². The third-order valence-corrected chi connectivity index (χ3v) is 3.04. The topological polar surface area (TPSA) is 43.5 Å². The zero-order chi connectivity index (χ0) is 12.3. The van der Waals surface area contributed by atoms with E-state index >= 15 is 0 Å². The minimum Gasteiger partial charge on any atom is -0.501 e. The first-order chi connectivity index (χ1) is 7.62. The summed E-state index contributed by atoms with van der Waals surface area (Å²) in [7, 11) is 0. The van der Waals surface area contributed by atoms with Crippen molar-refractivity contribution in [2.45, 2.75) is 27.7 Å². The van der Waals surface area contributed by atoms with Gasteiger partial charge in [-0.2, -0.15) is 0 Å². The standard InChI is InChI=1S/C12H20N2O2/c1-5-13(6-2)9-11(15)10(12(9)16)14(7-3)8-4/h5-8H2,1-4H3/p+1. The largest absolute Gasteiger partial charge is 0.501 e. The maximum absolute atomic E-state index is 12.0. The van der Waals surface area contributed by atoms with E-state index in [4.69, 9.17) is 0 Å². The molecular weight excluding hydrogens is 204 g/mol. The quantitative estimate of drug-likeness (QED) is 0.732. The highest BCUT2D eigenvalue weighted by Gasteiger charge is 2.28. The summed E-state index contributed by atoms with van der Waals surface area (Å²) < 4.78 is 1.89. The second kappa shape index (κ2) is 5.14. The van der Waals surface area contributed by atoms with Gasteiger partial charge in [-0.05, 0) is 27.7 Å². The zero-order valence-electron chi connectivity index (χ0n) is 10.6. The normalized spacial score (nSPS) is 10.8. The number of hydrogen-bond donors (Lipinski definition) is 1. The van der Waals surface area contributed by atoms with Crippen molar-refractivity contribution in [1.29, 1.82) is 0 Å². The predicted molar refractivity (Wildman–Crippen MR) is 66.7 cm³/mol. The van der Waals surface area contributed by atoms with Crippen molar-refractivity contribution in [3.8, 4) is 5.75 Å². The molecule has 0 aromatic heterocycles. The highest BCUT2D eigenvalue weighted by atomic mass is 16.3. The van der Waals surface area contributed by atoms with Crippen LogP contribution in [0, 0.1) is 0 Å². The van der Waals surface area contributed by atoms with Crippen molar-refractivity contribution in [1.82, 2.24) is 4.58 Å². The van der Waals surface area contributed by atoms with E-state index in [9.17, 15) is 9.90 Å². The summed E-state index contributed by atoms with van der Waals surface area (Å²) in [5.41, 5.74) is 0.455. The average Bonchev–Trinajstić information content (AvgIpc) is 2.32. The molecule has 0 aliphatic carbocycles. The van der Waals surface area contributed by atoms with Crippen LogP contribution in [0.25, 0.3) is 0 Å². The minimum atomic E-state index is -0.0232. The average molecular weight is 225 g/mol. The fourth-order valence-electron chi connectivity index (χ4n) is 2.04. The molecule has 0 aliphatic heterocycles. The van der Waals surface area contributed by atoms with Crippen molar-refractivity contribution >= 4 is 5.69 Å². The van der Waals surface area contributed by atoms with Crippen LogP contribution in [-0.4, -0.2) is 31.3 Å². The van der Waals surface area contributed by atoms with Crippen molar-refractivity contribution in [2.75, 3.05) is 31.1 Å². The molecule has 1 aromatic rings. The van der Waals surface area contributed by atoms with Gasteiger partial charge in [0, 0.05) is 13.1 Å². The number of aromatic hydroxyl groups is 1. The van der Waals surface area contributed by atoms with E-state index in [2.05, 4.69) is 0 Å². The molecule has 0 heterocycles. The summed E-state index contributed by atoms with van der Waals surface area (Å²) in [6.07, 6.45) is 0. The minimum absolute atomic E-state index is 0.0232. The van der Waals surface area contributed by atoms with Crippen molar-refractivity contribution < 1.29 is 5.11 Å². The summed E-state index contributed by atoms with van der Waals surface area (Å²) >= 11 is 0. The second-order valence-electron chi connectivity index (χ2n) is 3.72. The maximum atomic E-state index is 12.0. The molecule has 0 fully saturated rings. The number of rotatable bonds is 5. The number of hydrogen-bond acceptors (Lipinski definition) is 3. The molecule has 0 saturated carbocycles. The van der Waals surface area contributed by atoms with Crippen LogP contribution in [0.15, 0.2) is 4.79 Å². The first kappa shape index (κ1) is 12.7. The molecule has 0 bridgehead atoms. The molecule has 16 heavy (non-hydrogen) atoms. The van der Waals surface area contributed by atoms with E-state index in [-0.39, 0.29) is 11.2 Å². The monoisotopic (exact) mass is 225 g/mol. The highest BCUT2D eigenvalue weighted by Crippen LogP contribution is 2.19. The van der Waals surface area contributed by atoms with E-state index in [1.54, 1.807) is 0 Å². The van der Waals surface area contributed by atoms with Gasteiger partial charge >= 0.3 is 0 Å². The van der Waals surface area contributed by atoms with Crippen molar-refractivity contribution in [3.63, 3.8) is 0 Å². The van der Waals surface area contributed by atoms with Crippen molar-refractivity contribution in [2.24, 2.45) is 0 Å². The zero-order valence-corrected chi connectivity index (χ0v) is 10.6. The summed E-state index contributed by atoms with van der Waals surface area (Å²) in [5.74, 6) is 0.164. The molecule has 4 nitrogen and oxygen atoms in total. The van der Waals surface area contributed by atoms with Crippen LogP contribution in [0.1, 0.15) is 27.7 Å². The van der Waals surface area contributed by atoms with E-state index in [1.165, 1.54) is 0 Å². The third-order valence-electron chi connectivity index (χ3n) is 3.04. The van der Waals surface area contributed by atoms with Crippen LogP contribution in [-0.2, 0) is 0 Å². The van der Waals surface area contributed by atoms with Gasteiger partial charge < -0.3 is 10.0 Å². The predicted octanol–water partition coefficient (Wildman–Crippen LogP) is 0.286. The Balaban J connectivity index is 3.28. The molecule has 0 amide bonds. The van der Waals surface area contributed by atoms with Gasteiger partial charge in [-0.15, -0.1) is 0 Å². The van der Waals surface area contributed by atoms with Crippen LogP contribution in [0.4, 0.5) is 5.69 Å². The van der Waals surface area contributed by atoms with Crippen molar-refractivity contribution in [3.05, 3.63) is 15.6 Å². The van der Waals surface area contributed by atoms with Crippen LogP contribution < -0.4 is 20.3 Å². The van der Waals surface area contributed by atoms with Crippen LogP contribution in [0.3, 0.4) is 0 Å². The molecule has 0 spiro atoms. The molecule has 0 atom stereocenters. The van der Waals surface area contributed by atoms with Gasteiger partial charge in [0.2, 0.25) is 5.75 Å². The fourth-order valence-corrected chi connectivity index (χ4v) is 2.04. The Labute approximate surface area is 96.2 Å². The molecule has 1 aromatic carbocycles. The Hall–Kier alpha value is -1.32. The van der Waals surface area contributed by atoms with E-state index in [0.29, 0.717) is 11.0 Å². The van der Waals surface area contributed by atoms with Gasteiger partial charge in [-0.25, -0.2) is 4.58 Å². The van der Waals surface area contributed by atoms with Gasteiger partial charge in [0.15, 0.2) is 0 Å². The molecule has 1 rings (SSSR count). The van der Waals surface area contributed by atoms with Gasteiger partial charge in [-0.1, -0.05) is 0 Å². The Morgan fingerprint density at radius 2 is 1.62 bits per heavy atom. The lowest BCUT2D eigenvalue weighted by Gasteiger charge is -2.22. The fraction of sp³-hybridized carbons (Fsp3) is 0.667. The van der Waals surface area contributed by atoms with Crippen LogP contribution in [0.5, 0.6) is 5.75 Å². The van der Waals surface area contributed by atoms with Gasteiger partial charge in [0.25, 0.3) is 10.8 Å².